The minimum atomic E-state index is 0.102. The predicted octanol–water partition coefficient (Wildman–Crippen LogP) is 2.97. The third-order valence-corrected chi connectivity index (χ3v) is 4.30. The van der Waals surface area contributed by atoms with Gasteiger partial charge in [-0.2, -0.15) is 0 Å². The molecule has 4 heteroatoms. The summed E-state index contributed by atoms with van der Waals surface area (Å²) in [7, 11) is 0. The lowest BCUT2D eigenvalue weighted by molar-refractivity contribution is -0.0437. The van der Waals surface area contributed by atoms with Gasteiger partial charge in [0, 0.05) is 33.9 Å². The van der Waals surface area contributed by atoms with E-state index < -0.39 is 0 Å². The molecule has 0 aromatic carbocycles. The average molecular weight is 277 g/mol. The van der Waals surface area contributed by atoms with Crippen LogP contribution in [0.4, 0.5) is 0 Å². The molecule has 1 aromatic rings. The van der Waals surface area contributed by atoms with Crippen molar-refractivity contribution >= 4 is 27.3 Å². The van der Waals surface area contributed by atoms with E-state index in [1.54, 1.807) is 11.3 Å². The quantitative estimate of drug-likeness (QED) is 0.900. The first kappa shape index (κ1) is 10.6. The molecule has 0 aliphatic carbocycles. The maximum absolute atomic E-state index is 9.24. The summed E-state index contributed by atoms with van der Waals surface area (Å²) in [5.41, 5.74) is 0. The molecular formula is C10H13BrO2S. The van der Waals surface area contributed by atoms with Gasteiger partial charge >= 0.3 is 0 Å². The van der Waals surface area contributed by atoms with Crippen LogP contribution in [0.25, 0.3) is 0 Å². The van der Waals surface area contributed by atoms with Gasteiger partial charge in [0.15, 0.2) is 0 Å². The van der Waals surface area contributed by atoms with E-state index in [0.717, 1.165) is 23.9 Å². The molecule has 14 heavy (non-hydrogen) atoms. The molecule has 1 fully saturated rings. The predicted molar refractivity (Wildman–Crippen MR) is 60.5 cm³/mol. The first-order valence-corrected chi connectivity index (χ1v) is 6.45. The lowest BCUT2D eigenvalue weighted by Gasteiger charge is -2.29. The molecule has 1 N–H and O–H groups in total. The van der Waals surface area contributed by atoms with E-state index in [2.05, 4.69) is 27.4 Å². The molecule has 1 aromatic heterocycles. The largest absolute Gasteiger partial charge is 0.396 e. The summed E-state index contributed by atoms with van der Waals surface area (Å²) in [6, 6.07) is 2.09. The van der Waals surface area contributed by atoms with E-state index in [1.165, 1.54) is 4.88 Å². The van der Waals surface area contributed by atoms with Crippen LogP contribution in [0.15, 0.2) is 15.9 Å². The van der Waals surface area contributed by atoms with E-state index >= 15 is 0 Å². The van der Waals surface area contributed by atoms with Gasteiger partial charge in [-0.3, -0.25) is 0 Å². The molecule has 0 saturated carbocycles. The van der Waals surface area contributed by atoms with E-state index in [-0.39, 0.29) is 18.6 Å². The summed E-state index contributed by atoms with van der Waals surface area (Å²) in [4.78, 5) is 1.22. The fraction of sp³-hybridized carbons (Fsp3) is 0.600. The van der Waals surface area contributed by atoms with Gasteiger partial charge in [-0.25, -0.2) is 0 Å². The van der Waals surface area contributed by atoms with Crippen LogP contribution >= 0.6 is 27.3 Å². The second-order valence-corrected chi connectivity index (χ2v) is 5.40. The Bertz CT molecular complexity index is 300. The van der Waals surface area contributed by atoms with E-state index in [4.69, 9.17) is 4.74 Å². The number of aliphatic hydroxyl groups excluding tert-OH is 1. The van der Waals surface area contributed by atoms with Crippen LogP contribution in [0.1, 0.15) is 23.8 Å². The zero-order valence-corrected chi connectivity index (χ0v) is 10.2. The van der Waals surface area contributed by atoms with Crippen LogP contribution < -0.4 is 0 Å². The monoisotopic (exact) mass is 276 g/mol. The number of hydrogen-bond donors (Lipinski definition) is 1. The maximum Gasteiger partial charge on any atom is 0.0967 e. The van der Waals surface area contributed by atoms with Gasteiger partial charge in [0.1, 0.15) is 0 Å². The molecule has 2 unspecified atom stereocenters. The molecule has 0 bridgehead atoms. The first-order chi connectivity index (χ1) is 6.81. The third-order valence-electron chi connectivity index (χ3n) is 2.55. The van der Waals surface area contributed by atoms with Gasteiger partial charge < -0.3 is 9.84 Å². The van der Waals surface area contributed by atoms with Crippen molar-refractivity contribution in [3.05, 3.63) is 20.8 Å². The number of rotatable bonds is 2. The van der Waals surface area contributed by atoms with Crippen molar-refractivity contribution in [3.8, 4) is 0 Å². The molecule has 1 aliphatic rings. The molecule has 1 saturated heterocycles. The summed E-state index contributed by atoms with van der Waals surface area (Å²) in [5.74, 6) is 0.272. The molecule has 2 heterocycles. The highest BCUT2D eigenvalue weighted by Gasteiger charge is 2.27. The zero-order chi connectivity index (χ0) is 9.97. The second kappa shape index (κ2) is 4.75. The Kier molecular flexibility index (Phi) is 3.60. The SMILES string of the molecule is OCC1CCCOC1c1cc(Br)cs1. The number of hydrogen-bond acceptors (Lipinski definition) is 3. The van der Waals surface area contributed by atoms with Gasteiger partial charge in [0.25, 0.3) is 0 Å². The summed E-state index contributed by atoms with van der Waals surface area (Å²) >= 11 is 5.13. The van der Waals surface area contributed by atoms with E-state index in [9.17, 15) is 5.11 Å². The summed E-state index contributed by atoms with van der Waals surface area (Å²) in [6.07, 6.45) is 2.23. The highest BCUT2D eigenvalue weighted by Crippen LogP contribution is 2.37. The Morgan fingerprint density at radius 2 is 2.50 bits per heavy atom. The fourth-order valence-electron chi connectivity index (χ4n) is 1.82. The summed E-state index contributed by atoms with van der Waals surface area (Å²) in [6.45, 7) is 1.04. The number of ether oxygens (including phenoxy) is 1. The molecule has 2 atom stereocenters. The summed E-state index contributed by atoms with van der Waals surface area (Å²) < 4.78 is 6.81. The number of halogens is 1. The molecule has 2 rings (SSSR count). The highest BCUT2D eigenvalue weighted by molar-refractivity contribution is 9.10. The van der Waals surface area contributed by atoms with Crippen molar-refractivity contribution in [2.24, 2.45) is 5.92 Å². The van der Waals surface area contributed by atoms with Crippen molar-refractivity contribution in [1.29, 1.82) is 0 Å². The van der Waals surface area contributed by atoms with Crippen molar-refractivity contribution in [1.82, 2.24) is 0 Å². The molecular weight excluding hydrogens is 264 g/mol. The van der Waals surface area contributed by atoms with Crippen molar-refractivity contribution < 1.29 is 9.84 Å². The van der Waals surface area contributed by atoms with E-state index in [0.29, 0.717) is 0 Å². The lowest BCUT2D eigenvalue weighted by Crippen LogP contribution is -2.24. The van der Waals surface area contributed by atoms with Crippen LogP contribution in [-0.4, -0.2) is 18.3 Å². The van der Waals surface area contributed by atoms with Gasteiger partial charge in [0.05, 0.1) is 6.10 Å². The molecule has 0 radical (unpaired) electrons. The zero-order valence-electron chi connectivity index (χ0n) is 7.78. The van der Waals surface area contributed by atoms with Gasteiger partial charge in [0.2, 0.25) is 0 Å². The first-order valence-electron chi connectivity index (χ1n) is 4.77. The van der Waals surface area contributed by atoms with Crippen molar-refractivity contribution in [3.63, 3.8) is 0 Å². The lowest BCUT2D eigenvalue weighted by atomic mass is 9.94. The van der Waals surface area contributed by atoms with Gasteiger partial charge in [-0.15, -0.1) is 11.3 Å². The second-order valence-electron chi connectivity index (χ2n) is 3.54. The van der Waals surface area contributed by atoms with E-state index in [1.807, 2.05) is 0 Å². The molecule has 0 amide bonds. The average Bonchev–Trinajstić information content (AvgIpc) is 2.65. The maximum atomic E-state index is 9.24. The van der Waals surface area contributed by atoms with Crippen LogP contribution in [0.3, 0.4) is 0 Å². The Morgan fingerprint density at radius 3 is 3.14 bits per heavy atom. The molecule has 2 nitrogen and oxygen atoms in total. The van der Waals surface area contributed by atoms with Crippen LogP contribution in [0, 0.1) is 5.92 Å². The van der Waals surface area contributed by atoms with Crippen molar-refractivity contribution in [2.45, 2.75) is 18.9 Å². The minimum Gasteiger partial charge on any atom is -0.396 e. The Labute approximate surface area is 96.0 Å². The van der Waals surface area contributed by atoms with Crippen molar-refractivity contribution in [2.75, 3.05) is 13.2 Å². The van der Waals surface area contributed by atoms with Gasteiger partial charge in [-0.1, -0.05) is 0 Å². The van der Waals surface area contributed by atoms with Gasteiger partial charge in [-0.05, 0) is 34.8 Å². The van der Waals surface area contributed by atoms with Crippen LogP contribution in [0.5, 0.6) is 0 Å². The number of thiophene rings is 1. The topological polar surface area (TPSA) is 29.5 Å². The minimum absolute atomic E-state index is 0.102. The highest BCUT2D eigenvalue weighted by atomic mass is 79.9. The number of aliphatic hydroxyl groups is 1. The Balaban J connectivity index is 2.14. The molecule has 1 aliphatic heterocycles. The smallest absolute Gasteiger partial charge is 0.0967 e. The normalized spacial score (nSPS) is 27.9. The van der Waals surface area contributed by atoms with Crippen LogP contribution in [-0.2, 0) is 4.74 Å². The summed E-state index contributed by atoms with van der Waals surface area (Å²) in [5, 5.41) is 11.3. The molecule has 0 spiro atoms. The molecule has 78 valence electrons. The standard InChI is InChI=1S/C10H13BrO2S/c11-8-4-9(14-6-8)10-7(5-12)2-1-3-13-10/h4,6-7,10,12H,1-3,5H2. The Morgan fingerprint density at radius 1 is 1.64 bits per heavy atom. The Hall–Kier alpha value is 0.1000. The fourth-order valence-corrected chi connectivity index (χ4v) is 3.41. The third kappa shape index (κ3) is 2.19. The van der Waals surface area contributed by atoms with Crippen LogP contribution in [0.2, 0.25) is 0 Å².